The lowest BCUT2D eigenvalue weighted by molar-refractivity contribution is 0.151. The van der Waals surface area contributed by atoms with Gasteiger partial charge in [-0.3, -0.25) is 0 Å². The molecule has 0 aliphatic rings. The molecule has 1 aromatic heterocycles. The van der Waals surface area contributed by atoms with Crippen LogP contribution in [0.25, 0.3) is 10.9 Å². The van der Waals surface area contributed by atoms with E-state index in [0.717, 1.165) is 0 Å². The van der Waals surface area contributed by atoms with Gasteiger partial charge in [0.1, 0.15) is 10.9 Å². The predicted octanol–water partition coefficient (Wildman–Crippen LogP) is 3.83. The lowest BCUT2D eigenvalue weighted by atomic mass is 10.1. The fourth-order valence-electron chi connectivity index (χ4n) is 1.42. The second-order valence-electron chi connectivity index (χ2n) is 3.23. The molecule has 1 aromatic carbocycles. The maximum Gasteiger partial charge on any atom is 0.266 e. The van der Waals surface area contributed by atoms with Gasteiger partial charge in [0.25, 0.3) is 6.43 Å². The summed E-state index contributed by atoms with van der Waals surface area (Å²) >= 11 is 5.66. The molecule has 2 aromatic rings. The van der Waals surface area contributed by atoms with Crippen LogP contribution in [0.2, 0.25) is 5.15 Å². The molecule has 0 unspecified atom stereocenters. The lowest BCUT2D eigenvalue weighted by Crippen LogP contribution is -1.91. The van der Waals surface area contributed by atoms with Gasteiger partial charge >= 0.3 is 0 Å². The normalized spacial score (nSPS) is 11.1. The summed E-state index contributed by atoms with van der Waals surface area (Å²) in [4.78, 5) is 3.91. The largest absolute Gasteiger partial charge is 0.497 e. The van der Waals surface area contributed by atoms with E-state index in [1.54, 1.807) is 18.2 Å². The van der Waals surface area contributed by atoms with Gasteiger partial charge < -0.3 is 4.74 Å². The van der Waals surface area contributed by atoms with Crippen LogP contribution in [0, 0.1) is 0 Å². The van der Waals surface area contributed by atoms with E-state index in [9.17, 15) is 8.78 Å². The van der Waals surface area contributed by atoms with Crippen LogP contribution in [-0.2, 0) is 0 Å². The van der Waals surface area contributed by atoms with Crippen molar-refractivity contribution in [3.63, 3.8) is 0 Å². The Morgan fingerprint density at radius 1 is 1.31 bits per heavy atom. The molecule has 0 N–H and O–H groups in total. The Morgan fingerprint density at radius 3 is 2.69 bits per heavy atom. The number of nitrogens with zero attached hydrogens (tertiary/aromatic N) is 1. The molecule has 84 valence electrons. The lowest BCUT2D eigenvalue weighted by Gasteiger charge is -2.06. The zero-order chi connectivity index (χ0) is 11.7. The number of ether oxygens (including phenoxy) is 1. The molecule has 0 amide bonds. The summed E-state index contributed by atoms with van der Waals surface area (Å²) in [5, 5.41) is 0.441. The van der Waals surface area contributed by atoms with E-state index < -0.39 is 6.43 Å². The van der Waals surface area contributed by atoms with Gasteiger partial charge in [-0.25, -0.2) is 13.8 Å². The fourth-order valence-corrected chi connectivity index (χ4v) is 1.65. The van der Waals surface area contributed by atoms with E-state index >= 15 is 0 Å². The van der Waals surface area contributed by atoms with Gasteiger partial charge in [0, 0.05) is 11.5 Å². The minimum atomic E-state index is -2.62. The molecule has 16 heavy (non-hydrogen) atoms. The number of methoxy groups -OCH3 is 1. The molecule has 0 aliphatic carbocycles. The summed E-state index contributed by atoms with van der Waals surface area (Å²) < 4.78 is 30.1. The standard InChI is InChI=1S/C11H8ClF2NO/c1-16-7-3-2-6-4-8(11(13)14)10(12)15-9(6)5-7/h2-5,11H,1H3. The number of pyridine rings is 1. The zero-order valence-corrected chi connectivity index (χ0v) is 9.13. The molecule has 2 nitrogen and oxygen atoms in total. The molecule has 0 saturated heterocycles. The van der Waals surface area contributed by atoms with Gasteiger partial charge in [-0.15, -0.1) is 0 Å². The highest BCUT2D eigenvalue weighted by Crippen LogP contribution is 2.30. The molecule has 2 rings (SSSR count). The maximum absolute atomic E-state index is 12.6. The van der Waals surface area contributed by atoms with Crippen LogP contribution in [0.5, 0.6) is 5.75 Å². The molecular formula is C11H8ClF2NO. The molecule has 0 spiro atoms. The molecule has 5 heteroatoms. The number of halogens is 3. The predicted molar refractivity (Wildman–Crippen MR) is 58.3 cm³/mol. The smallest absolute Gasteiger partial charge is 0.266 e. The number of benzene rings is 1. The molecule has 0 radical (unpaired) electrons. The first kappa shape index (κ1) is 11.1. The van der Waals surface area contributed by atoms with E-state index in [4.69, 9.17) is 16.3 Å². The van der Waals surface area contributed by atoms with Gasteiger partial charge in [-0.2, -0.15) is 0 Å². The van der Waals surface area contributed by atoms with Crippen molar-refractivity contribution in [2.24, 2.45) is 0 Å². The van der Waals surface area contributed by atoms with E-state index in [2.05, 4.69) is 4.98 Å². The van der Waals surface area contributed by atoms with Crippen LogP contribution in [0.4, 0.5) is 8.78 Å². The third-order valence-electron chi connectivity index (χ3n) is 2.24. The van der Waals surface area contributed by atoms with Gasteiger partial charge in [0.15, 0.2) is 0 Å². The van der Waals surface area contributed by atoms with Crippen LogP contribution in [0.1, 0.15) is 12.0 Å². The Hall–Kier alpha value is -1.42. The molecular weight excluding hydrogens is 236 g/mol. The summed E-state index contributed by atoms with van der Waals surface area (Å²) in [5.74, 6) is 0.612. The number of rotatable bonds is 2. The van der Waals surface area contributed by atoms with Crippen LogP contribution in [-0.4, -0.2) is 12.1 Å². The first-order valence-corrected chi connectivity index (χ1v) is 4.92. The number of hydrogen-bond donors (Lipinski definition) is 0. The third kappa shape index (κ3) is 1.93. The summed E-state index contributed by atoms with van der Waals surface area (Å²) in [5.41, 5.74) is 0.285. The second kappa shape index (κ2) is 4.22. The van der Waals surface area contributed by atoms with E-state index in [1.165, 1.54) is 13.2 Å². The van der Waals surface area contributed by atoms with Gasteiger partial charge in [-0.1, -0.05) is 11.6 Å². The molecule has 0 fully saturated rings. The SMILES string of the molecule is COc1ccc2cc(C(F)F)c(Cl)nc2c1. The summed E-state index contributed by atoms with van der Waals surface area (Å²) in [6.07, 6.45) is -2.62. The van der Waals surface area contributed by atoms with Gasteiger partial charge in [0.2, 0.25) is 0 Å². The van der Waals surface area contributed by atoms with Crippen molar-refractivity contribution in [1.29, 1.82) is 0 Å². The minimum absolute atomic E-state index is 0.171. The molecule has 0 atom stereocenters. The molecule has 0 aliphatic heterocycles. The van der Waals surface area contributed by atoms with Crippen molar-refractivity contribution < 1.29 is 13.5 Å². The highest BCUT2D eigenvalue weighted by Gasteiger charge is 2.14. The summed E-state index contributed by atoms with van der Waals surface area (Å²) in [7, 11) is 1.52. The molecule has 0 saturated carbocycles. The number of fused-ring (bicyclic) bond motifs is 1. The topological polar surface area (TPSA) is 22.1 Å². The van der Waals surface area contributed by atoms with Crippen molar-refractivity contribution >= 4 is 22.5 Å². The molecule has 1 heterocycles. The van der Waals surface area contributed by atoms with Crippen molar-refractivity contribution in [2.45, 2.75) is 6.43 Å². The number of hydrogen-bond acceptors (Lipinski definition) is 2. The second-order valence-corrected chi connectivity index (χ2v) is 3.59. The highest BCUT2D eigenvalue weighted by molar-refractivity contribution is 6.30. The number of aromatic nitrogens is 1. The third-order valence-corrected chi connectivity index (χ3v) is 2.54. The van der Waals surface area contributed by atoms with Crippen LogP contribution in [0.3, 0.4) is 0 Å². The summed E-state index contributed by atoms with van der Waals surface area (Å²) in [6, 6.07) is 6.35. The zero-order valence-electron chi connectivity index (χ0n) is 8.38. The first-order valence-electron chi connectivity index (χ1n) is 4.54. The monoisotopic (exact) mass is 243 g/mol. The average molecular weight is 244 g/mol. The van der Waals surface area contributed by atoms with Gasteiger partial charge in [-0.05, 0) is 18.2 Å². The quantitative estimate of drug-likeness (QED) is 0.748. The van der Waals surface area contributed by atoms with Crippen molar-refractivity contribution in [3.05, 3.63) is 35.0 Å². The Balaban J connectivity index is 2.64. The first-order chi connectivity index (χ1) is 7.61. The Kier molecular flexibility index (Phi) is 2.92. The summed E-state index contributed by atoms with van der Waals surface area (Å²) in [6.45, 7) is 0. The van der Waals surface area contributed by atoms with Gasteiger partial charge in [0.05, 0.1) is 18.2 Å². The fraction of sp³-hybridized carbons (Fsp3) is 0.182. The Labute approximate surface area is 95.8 Å². The van der Waals surface area contributed by atoms with E-state index in [1.807, 2.05) is 0 Å². The van der Waals surface area contributed by atoms with Crippen LogP contribution in [0.15, 0.2) is 24.3 Å². The van der Waals surface area contributed by atoms with Crippen LogP contribution < -0.4 is 4.74 Å². The Morgan fingerprint density at radius 2 is 2.06 bits per heavy atom. The molecule has 0 bridgehead atoms. The van der Waals surface area contributed by atoms with E-state index in [-0.39, 0.29) is 10.7 Å². The van der Waals surface area contributed by atoms with Crippen molar-refractivity contribution in [1.82, 2.24) is 4.98 Å². The minimum Gasteiger partial charge on any atom is -0.497 e. The Bertz CT molecular complexity index is 531. The number of alkyl halides is 2. The van der Waals surface area contributed by atoms with Crippen LogP contribution >= 0.6 is 11.6 Å². The average Bonchev–Trinajstić information content (AvgIpc) is 2.27. The maximum atomic E-state index is 12.6. The van der Waals surface area contributed by atoms with E-state index in [0.29, 0.717) is 16.7 Å². The van der Waals surface area contributed by atoms with Crippen molar-refractivity contribution in [2.75, 3.05) is 7.11 Å². The van der Waals surface area contributed by atoms with Crippen molar-refractivity contribution in [3.8, 4) is 5.75 Å². The highest BCUT2D eigenvalue weighted by atomic mass is 35.5.